The molecule has 0 aliphatic heterocycles. The summed E-state index contributed by atoms with van der Waals surface area (Å²) in [4.78, 5) is 0. The average molecular weight is 370 g/mol. The molecule has 0 spiro atoms. The van der Waals surface area contributed by atoms with E-state index >= 15 is 0 Å². The number of benzene rings is 2. The fourth-order valence-corrected chi connectivity index (χ4v) is 3.21. The Balaban J connectivity index is 2.36. The molecule has 0 heterocycles. The lowest BCUT2D eigenvalue weighted by atomic mass is 10.0. The first kappa shape index (κ1) is 16.1. The predicted molar refractivity (Wildman–Crippen MR) is 92.3 cm³/mol. The van der Waals surface area contributed by atoms with Crippen molar-refractivity contribution in [2.45, 2.75) is 13.0 Å². The zero-order valence-corrected chi connectivity index (χ0v) is 14.3. The summed E-state index contributed by atoms with van der Waals surface area (Å²) >= 11 is 9.83. The quantitative estimate of drug-likeness (QED) is 0.814. The molecule has 0 saturated heterocycles. The summed E-state index contributed by atoms with van der Waals surface area (Å²) in [5.74, 6) is 0.733. The van der Waals surface area contributed by atoms with E-state index in [-0.39, 0.29) is 6.04 Å². The molecule has 0 saturated carbocycles. The van der Waals surface area contributed by atoms with Gasteiger partial charge in [-0.25, -0.2) is 0 Å². The molecule has 0 radical (unpaired) electrons. The van der Waals surface area contributed by atoms with Crippen molar-refractivity contribution in [3.63, 3.8) is 0 Å². The Morgan fingerprint density at radius 2 is 2.10 bits per heavy atom. The normalized spacial score (nSPS) is 12.0. The van der Waals surface area contributed by atoms with Crippen LogP contribution in [0.15, 0.2) is 40.9 Å². The summed E-state index contributed by atoms with van der Waals surface area (Å²) < 4.78 is 6.43. The van der Waals surface area contributed by atoms with Gasteiger partial charge in [0.1, 0.15) is 5.75 Å². The second-order valence-corrected chi connectivity index (χ2v) is 6.13. The maximum atomic E-state index is 6.33. The summed E-state index contributed by atoms with van der Waals surface area (Å²) in [5, 5.41) is 4.07. The lowest BCUT2D eigenvalue weighted by Crippen LogP contribution is -2.21. The van der Waals surface area contributed by atoms with E-state index in [1.807, 2.05) is 31.2 Å². The molecule has 0 aromatic heterocycles. The summed E-state index contributed by atoms with van der Waals surface area (Å²) in [6, 6.07) is 11.6. The summed E-state index contributed by atoms with van der Waals surface area (Å²) in [6.07, 6.45) is 0. The summed E-state index contributed by atoms with van der Waals surface area (Å²) in [5.41, 5.74) is 8.96. The third-order valence-corrected chi connectivity index (χ3v) is 3.99. The van der Waals surface area contributed by atoms with Gasteiger partial charge < -0.3 is 15.8 Å². The Bertz CT molecular complexity index is 613. The van der Waals surface area contributed by atoms with Crippen molar-refractivity contribution >= 4 is 33.2 Å². The number of ether oxygens (including phenoxy) is 1. The van der Waals surface area contributed by atoms with Crippen molar-refractivity contribution in [3.05, 3.63) is 57.0 Å². The van der Waals surface area contributed by atoms with Crippen LogP contribution in [0.4, 0.5) is 5.69 Å². The topological polar surface area (TPSA) is 47.3 Å². The molecular weight excluding hydrogens is 352 g/mol. The third kappa shape index (κ3) is 3.90. The molecule has 0 amide bonds. The Kier molecular flexibility index (Phi) is 5.51. The number of aryl methyl sites for hydroxylation is 1. The van der Waals surface area contributed by atoms with Gasteiger partial charge in [-0.15, -0.1) is 0 Å². The maximum Gasteiger partial charge on any atom is 0.125 e. The smallest absolute Gasteiger partial charge is 0.125 e. The van der Waals surface area contributed by atoms with Gasteiger partial charge in [-0.05, 0) is 42.8 Å². The van der Waals surface area contributed by atoms with E-state index in [1.165, 1.54) is 0 Å². The second kappa shape index (κ2) is 7.16. The molecule has 2 rings (SSSR count). The van der Waals surface area contributed by atoms with Crippen LogP contribution in [-0.4, -0.2) is 13.7 Å². The molecule has 0 fully saturated rings. The number of rotatable bonds is 5. The van der Waals surface area contributed by atoms with Crippen LogP contribution in [0.25, 0.3) is 0 Å². The van der Waals surface area contributed by atoms with Crippen LogP contribution in [0.2, 0.25) is 5.02 Å². The predicted octanol–water partition coefficient (Wildman–Crippen LogP) is 4.53. The first-order valence-electron chi connectivity index (χ1n) is 6.61. The maximum absolute atomic E-state index is 6.33. The van der Waals surface area contributed by atoms with Crippen molar-refractivity contribution in [1.29, 1.82) is 0 Å². The van der Waals surface area contributed by atoms with Gasteiger partial charge >= 0.3 is 0 Å². The number of nitrogens with two attached hydrogens (primary N) is 1. The fourth-order valence-electron chi connectivity index (χ4n) is 2.30. The van der Waals surface area contributed by atoms with Gasteiger partial charge in [-0.2, -0.15) is 0 Å². The van der Waals surface area contributed by atoms with Crippen molar-refractivity contribution in [2.24, 2.45) is 5.73 Å². The molecular formula is C16H18BrClN2O. The molecule has 21 heavy (non-hydrogen) atoms. The molecule has 3 nitrogen and oxygen atoms in total. The van der Waals surface area contributed by atoms with Crippen LogP contribution in [0, 0.1) is 6.92 Å². The Morgan fingerprint density at radius 3 is 2.71 bits per heavy atom. The number of methoxy groups -OCH3 is 1. The Hall–Kier alpha value is -1.23. The molecule has 112 valence electrons. The van der Waals surface area contributed by atoms with Gasteiger partial charge in [0.25, 0.3) is 0 Å². The molecule has 0 bridgehead atoms. The highest BCUT2D eigenvalue weighted by Crippen LogP contribution is 2.34. The lowest BCUT2D eigenvalue weighted by Gasteiger charge is -2.22. The standard InChI is InChI=1S/C16H18BrClN2O/c1-10-6-11(17)8-12(7-10)20-14(9-19)16-13(18)4-3-5-15(16)21-2/h3-8,14,20H,9,19H2,1-2H3. The number of halogens is 2. The van der Waals surface area contributed by atoms with E-state index < -0.39 is 0 Å². The highest BCUT2D eigenvalue weighted by atomic mass is 79.9. The Labute approximate surface area is 138 Å². The lowest BCUT2D eigenvalue weighted by molar-refractivity contribution is 0.407. The zero-order chi connectivity index (χ0) is 15.4. The summed E-state index contributed by atoms with van der Waals surface area (Å²) in [6.45, 7) is 2.45. The number of hydrogen-bond donors (Lipinski definition) is 2. The molecule has 1 unspecified atom stereocenters. The van der Waals surface area contributed by atoms with Gasteiger partial charge in [0.15, 0.2) is 0 Å². The van der Waals surface area contributed by atoms with Crippen LogP contribution < -0.4 is 15.8 Å². The second-order valence-electron chi connectivity index (χ2n) is 4.81. The van der Waals surface area contributed by atoms with Gasteiger partial charge in [0, 0.05) is 27.3 Å². The first-order valence-corrected chi connectivity index (χ1v) is 7.78. The molecule has 2 aromatic carbocycles. The van der Waals surface area contributed by atoms with E-state index in [0.29, 0.717) is 11.6 Å². The van der Waals surface area contributed by atoms with E-state index in [1.54, 1.807) is 7.11 Å². The largest absolute Gasteiger partial charge is 0.496 e. The monoisotopic (exact) mass is 368 g/mol. The van der Waals surface area contributed by atoms with Crippen molar-refractivity contribution < 1.29 is 4.74 Å². The van der Waals surface area contributed by atoms with E-state index in [9.17, 15) is 0 Å². The minimum absolute atomic E-state index is 0.123. The third-order valence-electron chi connectivity index (χ3n) is 3.20. The molecule has 2 aromatic rings. The molecule has 1 atom stereocenters. The molecule has 3 N–H and O–H groups in total. The molecule has 0 aliphatic rings. The van der Waals surface area contributed by atoms with Gasteiger partial charge in [-0.3, -0.25) is 0 Å². The number of hydrogen-bond acceptors (Lipinski definition) is 3. The molecule has 5 heteroatoms. The van der Waals surface area contributed by atoms with Crippen LogP contribution in [-0.2, 0) is 0 Å². The van der Waals surface area contributed by atoms with Crippen molar-refractivity contribution in [1.82, 2.24) is 0 Å². The first-order chi connectivity index (χ1) is 10.0. The van der Waals surface area contributed by atoms with E-state index in [0.717, 1.165) is 27.0 Å². The SMILES string of the molecule is COc1cccc(Cl)c1C(CN)Nc1cc(C)cc(Br)c1. The minimum Gasteiger partial charge on any atom is -0.496 e. The summed E-state index contributed by atoms with van der Waals surface area (Å²) in [7, 11) is 1.63. The number of nitrogens with one attached hydrogen (secondary N) is 1. The zero-order valence-electron chi connectivity index (χ0n) is 12.0. The van der Waals surface area contributed by atoms with Gasteiger partial charge in [-0.1, -0.05) is 33.6 Å². The molecule has 0 aliphatic carbocycles. The van der Waals surface area contributed by atoms with Gasteiger partial charge in [0.2, 0.25) is 0 Å². The van der Waals surface area contributed by atoms with Crippen LogP contribution in [0.1, 0.15) is 17.2 Å². The van der Waals surface area contributed by atoms with Crippen LogP contribution >= 0.6 is 27.5 Å². The van der Waals surface area contributed by atoms with E-state index in [2.05, 4.69) is 33.4 Å². The highest BCUT2D eigenvalue weighted by Gasteiger charge is 2.18. The van der Waals surface area contributed by atoms with Gasteiger partial charge in [0.05, 0.1) is 13.2 Å². The fraction of sp³-hybridized carbons (Fsp3) is 0.250. The average Bonchev–Trinajstić information content (AvgIpc) is 2.44. The van der Waals surface area contributed by atoms with Crippen molar-refractivity contribution in [3.8, 4) is 5.75 Å². The van der Waals surface area contributed by atoms with Crippen LogP contribution in [0.5, 0.6) is 5.75 Å². The minimum atomic E-state index is -0.123. The van der Waals surface area contributed by atoms with Crippen molar-refractivity contribution in [2.75, 3.05) is 19.0 Å². The number of anilines is 1. The highest BCUT2D eigenvalue weighted by molar-refractivity contribution is 9.10. The Morgan fingerprint density at radius 1 is 1.33 bits per heavy atom. The van der Waals surface area contributed by atoms with Crippen LogP contribution in [0.3, 0.4) is 0 Å². The van der Waals surface area contributed by atoms with E-state index in [4.69, 9.17) is 22.1 Å².